The lowest BCUT2D eigenvalue weighted by Crippen LogP contribution is -2.23. The first-order valence-corrected chi connectivity index (χ1v) is 7.25. The smallest absolute Gasteiger partial charge is 0.162 e. The third-order valence-electron chi connectivity index (χ3n) is 3.19. The lowest BCUT2D eigenvalue weighted by molar-refractivity contribution is 0.128. The highest BCUT2D eigenvalue weighted by molar-refractivity contribution is 5.24. The summed E-state index contributed by atoms with van der Waals surface area (Å²) in [5.41, 5.74) is 3.01. The fraction of sp³-hybridized carbons (Fsp3) is 0.412. The van der Waals surface area contributed by atoms with Gasteiger partial charge in [0.1, 0.15) is 6.10 Å². The summed E-state index contributed by atoms with van der Waals surface area (Å²) >= 11 is 0. The number of aromatic nitrogens is 2. The average Bonchev–Trinajstić information content (AvgIpc) is 2.46. The van der Waals surface area contributed by atoms with Crippen LogP contribution in [0.1, 0.15) is 42.7 Å². The van der Waals surface area contributed by atoms with E-state index in [1.165, 1.54) is 0 Å². The van der Waals surface area contributed by atoms with Crippen LogP contribution in [0.25, 0.3) is 0 Å². The molecule has 1 atom stereocenters. The normalized spacial score (nSPS) is 12.6. The summed E-state index contributed by atoms with van der Waals surface area (Å²) < 4.78 is 5.61. The van der Waals surface area contributed by atoms with Gasteiger partial charge in [-0.3, -0.25) is 0 Å². The van der Waals surface area contributed by atoms with E-state index in [-0.39, 0.29) is 6.10 Å². The maximum Gasteiger partial charge on any atom is 0.162 e. The molecule has 1 aromatic carbocycles. The number of benzene rings is 1. The zero-order valence-corrected chi connectivity index (χ0v) is 13.1. The number of nitrogens with one attached hydrogen (secondary N) is 1. The molecule has 1 heterocycles. The lowest BCUT2D eigenvalue weighted by atomic mass is 10.1. The molecule has 21 heavy (non-hydrogen) atoms. The van der Waals surface area contributed by atoms with Crippen LogP contribution in [0.15, 0.2) is 36.4 Å². The van der Waals surface area contributed by atoms with Gasteiger partial charge in [-0.05, 0) is 18.6 Å². The van der Waals surface area contributed by atoms with Gasteiger partial charge in [-0.25, -0.2) is 9.97 Å². The molecule has 1 aromatic heterocycles. The summed E-state index contributed by atoms with van der Waals surface area (Å²) in [7, 11) is 1.69. The minimum absolute atomic E-state index is 0.232. The van der Waals surface area contributed by atoms with E-state index in [4.69, 9.17) is 4.74 Å². The largest absolute Gasteiger partial charge is 0.369 e. The summed E-state index contributed by atoms with van der Waals surface area (Å²) in [6.07, 6.45) is -0.232. The molecule has 4 heteroatoms. The standard InChI is InChI=1S/C17H23N3O/c1-12(2)18-11-15-10-13(3)19-17(20-15)16(21-4)14-8-6-5-7-9-14/h5-10,12,16,18H,11H2,1-4H3. The zero-order chi connectivity index (χ0) is 15.2. The Morgan fingerprint density at radius 3 is 2.48 bits per heavy atom. The minimum atomic E-state index is -0.232. The number of rotatable bonds is 6. The van der Waals surface area contributed by atoms with Crippen LogP contribution < -0.4 is 5.32 Å². The van der Waals surface area contributed by atoms with Crippen molar-refractivity contribution in [3.8, 4) is 0 Å². The number of methoxy groups -OCH3 is 1. The number of ether oxygens (including phenoxy) is 1. The Labute approximate surface area is 126 Å². The number of aryl methyl sites for hydroxylation is 1. The Kier molecular flexibility index (Phi) is 5.42. The van der Waals surface area contributed by atoms with E-state index >= 15 is 0 Å². The van der Waals surface area contributed by atoms with Gasteiger partial charge in [0.2, 0.25) is 0 Å². The van der Waals surface area contributed by atoms with Gasteiger partial charge in [0.05, 0.1) is 5.69 Å². The first kappa shape index (κ1) is 15.6. The second kappa shape index (κ2) is 7.29. The molecule has 0 aliphatic heterocycles. The van der Waals surface area contributed by atoms with Crippen LogP contribution in [-0.4, -0.2) is 23.1 Å². The van der Waals surface area contributed by atoms with E-state index in [1.807, 2.05) is 43.3 Å². The second-order valence-electron chi connectivity index (χ2n) is 5.42. The molecular formula is C17H23N3O. The van der Waals surface area contributed by atoms with Crippen molar-refractivity contribution in [2.24, 2.45) is 0 Å². The molecule has 0 aliphatic rings. The topological polar surface area (TPSA) is 47.0 Å². The predicted octanol–water partition coefficient (Wildman–Crippen LogP) is 3.02. The maximum absolute atomic E-state index is 5.61. The number of hydrogen-bond donors (Lipinski definition) is 1. The summed E-state index contributed by atoms with van der Waals surface area (Å²) in [5.74, 6) is 0.712. The van der Waals surface area contributed by atoms with E-state index in [9.17, 15) is 0 Å². The summed E-state index contributed by atoms with van der Waals surface area (Å²) in [6, 6.07) is 12.5. The molecule has 4 nitrogen and oxygen atoms in total. The Morgan fingerprint density at radius 1 is 1.14 bits per heavy atom. The molecule has 2 rings (SSSR count). The summed E-state index contributed by atoms with van der Waals surface area (Å²) in [5, 5.41) is 3.38. The average molecular weight is 285 g/mol. The third-order valence-corrected chi connectivity index (χ3v) is 3.19. The van der Waals surface area contributed by atoms with Crippen LogP contribution >= 0.6 is 0 Å². The van der Waals surface area contributed by atoms with Crippen molar-refractivity contribution in [1.29, 1.82) is 0 Å². The molecule has 0 bridgehead atoms. The van der Waals surface area contributed by atoms with Crippen molar-refractivity contribution in [3.63, 3.8) is 0 Å². The van der Waals surface area contributed by atoms with E-state index in [0.717, 1.165) is 23.5 Å². The molecule has 1 N–H and O–H groups in total. The molecule has 1 unspecified atom stereocenters. The van der Waals surface area contributed by atoms with Crippen molar-refractivity contribution in [2.75, 3.05) is 7.11 Å². The van der Waals surface area contributed by atoms with Crippen molar-refractivity contribution < 1.29 is 4.74 Å². The number of nitrogens with zero attached hydrogens (tertiary/aromatic N) is 2. The van der Waals surface area contributed by atoms with Gasteiger partial charge >= 0.3 is 0 Å². The molecule has 112 valence electrons. The van der Waals surface area contributed by atoms with Crippen molar-refractivity contribution in [2.45, 2.75) is 39.5 Å². The molecular weight excluding hydrogens is 262 g/mol. The first-order valence-electron chi connectivity index (χ1n) is 7.25. The highest BCUT2D eigenvalue weighted by Crippen LogP contribution is 2.22. The Hall–Kier alpha value is -1.78. The molecule has 0 saturated heterocycles. The van der Waals surface area contributed by atoms with Gasteiger partial charge in [0.25, 0.3) is 0 Å². The van der Waals surface area contributed by atoms with Crippen LogP contribution in [0.3, 0.4) is 0 Å². The van der Waals surface area contributed by atoms with E-state index in [1.54, 1.807) is 7.11 Å². The predicted molar refractivity (Wildman–Crippen MR) is 84.0 cm³/mol. The van der Waals surface area contributed by atoms with Gasteiger partial charge in [-0.1, -0.05) is 44.2 Å². The summed E-state index contributed by atoms with van der Waals surface area (Å²) in [6.45, 7) is 6.97. The van der Waals surface area contributed by atoms with E-state index < -0.39 is 0 Å². The van der Waals surface area contributed by atoms with Gasteiger partial charge in [0, 0.05) is 25.4 Å². The van der Waals surface area contributed by atoms with Gasteiger partial charge < -0.3 is 10.1 Å². The van der Waals surface area contributed by atoms with Crippen LogP contribution in [-0.2, 0) is 11.3 Å². The molecule has 2 aromatic rings. The molecule has 0 aliphatic carbocycles. The molecule has 0 saturated carbocycles. The van der Waals surface area contributed by atoms with E-state index in [0.29, 0.717) is 11.9 Å². The monoisotopic (exact) mass is 285 g/mol. The fourth-order valence-electron chi connectivity index (χ4n) is 2.19. The molecule has 0 fully saturated rings. The fourth-order valence-corrected chi connectivity index (χ4v) is 2.19. The highest BCUT2D eigenvalue weighted by atomic mass is 16.5. The lowest BCUT2D eigenvalue weighted by Gasteiger charge is -2.16. The Balaban J connectivity index is 2.29. The number of hydrogen-bond acceptors (Lipinski definition) is 4. The van der Waals surface area contributed by atoms with Crippen LogP contribution in [0.2, 0.25) is 0 Å². The third kappa shape index (κ3) is 4.34. The quantitative estimate of drug-likeness (QED) is 0.886. The highest BCUT2D eigenvalue weighted by Gasteiger charge is 2.17. The van der Waals surface area contributed by atoms with Gasteiger partial charge in [0.15, 0.2) is 5.82 Å². The molecule has 0 amide bonds. The summed E-state index contributed by atoms with van der Waals surface area (Å²) in [4.78, 5) is 9.20. The second-order valence-corrected chi connectivity index (χ2v) is 5.42. The minimum Gasteiger partial charge on any atom is -0.369 e. The Bertz CT molecular complexity index is 570. The first-order chi connectivity index (χ1) is 10.1. The van der Waals surface area contributed by atoms with E-state index in [2.05, 4.69) is 29.1 Å². The zero-order valence-electron chi connectivity index (χ0n) is 13.1. The van der Waals surface area contributed by atoms with Crippen molar-refractivity contribution >= 4 is 0 Å². The van der Waals surface area contributed by atoms with Crippen molar-refractivity contribution in [1.82, 2.24) is 15.3 Å². The van der Waals surface area contributed by atoms with Crippen LogP contribution in [0, 0.1) is 6.92 Å². The van der Waals surface area contributed by atoms with Gasteiger partial charge in [-0.2, -0.15) is 0 Å². The SMILES string of the molecule is COC(c1ccccc1)c1nc(C)cc(CNC(C)C)n1. The van der Waals surface area contributed by atoms with Crippen molar-refractivity contribution in [3.05, 3.63) is 59.2 Å². The van der Waals surface area contributed by atoms with Gasteiger partial charge in [-0.15, -0.1) is 0 Å². The van der Waals surface area contributed by atoms with Crippen LogP contribution in [0.4, 0.5) is 0 Å². The van der Waals surface area contributed by atoms with Crippen LogP contribution in [0.5, 0.6) is 0 Å². The Morgan fingerprint density at radius 2 is 1.86 bits per heavy atom. The molecule has 0 radical (unpaired) electrons. The maximum atomic E-state index is 5.61. The molecule has 0 spiro atoms.